The Balaban J connectivity index is 1.39. The number of anilines is 1. The lowest BCUT2D eigenvalue weighted by molar-refractivity contribution is 0.102. The predicted molar refractivity (Wildman–Crippen MR) is 114 cm³/mol. The van der Waals surface area contributed by atoms with Crippen LogP contribution < -0.4 is 10.9 Å². The lowest BCUT2D eigenvalue weighted by atomic mass is 10.1. The van der Waals surface area contributed by atoms with E-state index in [0.29, 0.717) is 22.2 Å². The first-order valence-corrected chi connectivity index (χ1v) is 9.69. The number of para-hydroxylation sites is 1. The van der Waals surface area contributed by atoms with Gasteiger partial charge in [0.15, 0.2) is 0 Å². The highest BCUT2D eigenvalue weighted by Gasteiger charge is 2.13. The quantitative estimate of drug-likeness (QED) is 0.580. The number of hydrogen-bond donors (Lipinski definition) is 1. The molecule has 1 heterocycles. The fourth-order valence-electron chi connectivity index (χ4n) is 3.88. The fraction of sp³-hybridized carbons (Fsp3) is 0.125. The van der Waals surface area contributed by atoms with Crippen molar-refractivity contribution in [1.29, 1.82) is 0 Å². The zero-order valence-corrected chi connectivity index (χ0v) is 15.8. The molecule has 0 unspecified atom stereocenters. The van der Waals surface area contributed by atoms with E-state index in [4.69, 9.17) is 0 Å². The van der Waals surface area contributed by atoms with Crippen molar-refractivity contribution in [2.75, 3.05) is 5.32 Å². The maximum Gasteiger partial charge on any atom is 0.265 e. The highest BCUT2D eigenvalue weighted by molar-refractivity contribution is 6.04. The van der Waals surface area contributed by atoms with Gasteiger partial charge >= 0.3 is 0 Å². The van der Waals surface area contributed by atoms with Gasteiger partial charge in [0.1, 0.15) is 6.33 Å². The van der Waals surface area contributed by atoms with Crippen LogP contribution in [-0.4, -0.2) is 15.5 Å². The number of nitrogens with one attached hydrogen (secondary N) is 1. The Morgan fingerprint density at radius 2 is 1.72 bits per heavy atom. The van der Waals surface area contributed by atoms with Gasteiger partial charge in [-0.2, -0.15) is 0 Å². The summed E-state index contributed by atoms with van der Waals surface area (Å²) in [6.45, 7) is 0. The molecule has 1 aliphatic carbocycles. The van der Waals surface area contributed by atoms with Crippen LogP contribution >= 0.6 is 0 Å². The smallest absolute Gasteiger partial charge is 0.265 e. The average Bonchev–Trinajstić information content (AvgIpc) is 3.22. The van der Waals surface area contributed by atoms with Crippen LogP contribution in [0.15, 0.2) is 77.9 Å². The second kappa shape index (κ2) is 7.02. The molecule has 0 spiro atoms. The Bertz CT molecular complexity index is 1290. The number of aryl methyl sites for hydroxylation is 2. The normalized spacial score (nSPS) is 12.7. The summed E-state index contributed by atoms with van der Waals surface area (Å²) in [6, 6.07) is 20.3. The Labute approximate surface area is 167 Å². The van der Waals surface area contributed by atoms with Gasteiger partial charge in [-0.3, -0.25) is 14.2 Å². The number of hydrogen-bond acceptors (Lipinski definition) is 3. The van der Waals surface area contributed by atoms with Crippen molar-refractivity contribution in [1.82, 2.24) is 9.55 Å². The second-order valence-electron chi connectivity index (χ2n) is 7.27. The Morgan fingerprint density at radius 3 is 2.59 bits per heavy atom. The number of carbonyl (C=O) groups excluding carboxylic acids is 1. The molecule has 142 valence electrons. The molecule has 5 nitrogen and oxygen atoms in total. The average molecular weight is 381 g/mol. The van der Waals surface area contributed by atoms with E-state index in [0.717, 1.165) is 18.5 Å². The summed E-state index contributed by atoms with van der Waals surface area (Å²) in [5, 5.41) is 3.53. The minimum Gasteiger partial charge on any atom is -0.322 e. The number of amides is 1. The molecular weight excluding hydrogens is 362 g/mol. The number of fused-ring (bicyclic) bond motifs is 2. The van der Waals surface area contributed by atoms with Gasteiger partial charge in [0.2, 0.25) is 0 Å². The van der Waals surface area contributed by atoms with Crippen molar-refractivity contribution in [2.24, 2.45) is 0 Å². The summed E-state index contributed by atoms with van der Waals surface area (Å²) in [4.78, 5) is 29.7. The molecule has 0 bridgehead atoms. The van der Waals surface area contributed by atoms with Gasteiger partial charge in [0.25, 0.3) is 11.5 Å². The molecule has 0 saturated heterocycles. The molecular formula is C24H19N3O2. The first-order valence-electron chi connectivity index (χ1n) is 9.69. The third-order valence-electron chi connectivity index (χ3n) is 5.43. The van der Waals surface area contributed by atoms with Gasteiger partial charge in [-0.15, -0.1) is 0 Å². The third kappa shape index (κ3) is 3.21. The highest BCUT2D eigenvalue weighted by Crippen LogP contribution is 2.25. The molecule has 1 aliphatic rings. The Hall–Kier alpha value is -3.73. The summed E-state index contributed by atoms with van der Waals surface area (Å²) in [7, 11) is 0. The number of aromatic nitrogens is 2. The number of nitrogens with zero attached hydrogens (tertiary/aromatic N) is 2. The molecule has 4 aromatic rings. The minimum absolute atomic E-state index is 0.133. The summed E-state index contributed by atoms with van der Waals surface area (Å²) < 4.78 is 1.49. The summed E-state index contributed by atoms with van der Waals surface area (Å²) in [6.07, 6.45) is 4.89. The van der Waals surface area contributed by atoms with E-state index in [1.165, 1.54) is 28.4 Å². The molecule has 0 radical (unpaired) electrons. The van der Waals surface area contributed by atoms with Crippen molar-refractivity contribution in [3.63, 3.8) is 0 Å². The standard InChI is InChI=1S/C24H19N3O2/c28-23(26-19-11-8-16-4-3-5-18(16)14-19)17-9-12-20(13-10-17)27-15-25-22-7-2-1-6-21(22)24(27)29/h1-2,6-15H,3-5H2,(H,26,28). The van der Waals surface area contributed by atoms with Crippen LogP contribution in [0, 0.1) is 0 Å². The van der Waals surface area contributed by atoms with E-state index in [1.807, 2.05) is 24.3 Å². The third-order valence-corrected chi connectivity index (χ3v) is 5.43. The molecule has 5 rings (SSSR count). The van der Waals surface area contributed by atoms with Gasteiger partial charge in [0.05, 0.1) is 16.6 Å². The molecule has 1 N–H and O–H groups in total. The predicted octanol–water partition coefficient (Wildman–Crippen LogP) is 4.13. The maximum absolute atomic E-state index is 12.7. The molecule has 5 heteroatoms. The SMILES string of the molecule is O=C(Nc1ccc2c(c1)CCC2)c1ccc(-n2cnc3ccccc3c2=O)cc1. The Kier molecular flexibility index (Phi) is 4.21. The molecule has 0 aliphatic heterocycles. The van der Waals surface area contributed by atoms with Crippen LogP contribution in [0.3, 0.4) is 0 Å². The van der Waals surface area contributed by atoms with E-state index >= 15 is 0 Å². The molecule has 0 atom stereocenters. The van der Waals surface area contributed by atoms with Gasteiger partial charge in [-0.05, 0) is 78.9 Å². The summed E-state index contributed by atoms with van der Waals surface area (Å²) >= 11 is 0. The van der Waals surface area contributed by atoms with E-state index in [2.05, 4.69) is 22.4 Å². The molecule has 1 amide bonds. The monoisotopic (exact) mass is 381 g/mol. The second-order valence-corrected chi connectivity index (χ2v) is 7.27. The lowest BCUT2D eigenvalue weighted by Gasteiger charge is -2.09. The largest absolute Gasteiger partial charge is 0.322 e. The first kappa shape index (κ1) is 17.4. The summed E-state index contributed by atoms with van der Waals surface area (Å²) in [5.74, 6) is -0.168. The summed E-state index contributed by atoms with van der Waals surface area (Å²) in [5.41, 5.74) is 5.25. The molecule has 1 aromatic heterocycles. The van der Waals surface area contributed by atoms with Gasteiger partial charge in [0, 0.05) is 11.3 Å². The topological polar surface area (TPSA) is 64.0 Å². The van der Waals surface area contributed by atoms with E-state index in [-0.39, 0.29) is 11.5 Å². The number of carbonyl (C=O) groups is 1. The van der Waals surface area contributed by atoms with Crippen LogP contribution in [0.5, 0.6) is 0 Å². The zero-order valence-electron chi connectivity index (χ0n) is 15.8. The molecule has 3 aromatic carbocycles. The van der Waals surface area contributed by atoms with Crippen molar-refractivity contribution >= 4 is 22.5 Å². The maximum atomic E-state index is 12.7. The minimum atomic E-state index is -0.168. The lowest BCUT2D eigenvalue weighted by Crippen LogP contribution is -2.19. The van der Waals surface area contributed by atoms with Crippen LogP contribution in [-0.2, 0) is 12.8 Å². The zero-order chi connectivity index (χ0) is 19.8. The van der Waals surface area contributed by atoms with Crippen LogP contribution in [0.4, 0.5) is 5.69 Å². The molecule has 29 heavy (non-hydrogen) atoms. The van der Waals surface area contributed by atoms with Crippen molar-refractivity contribution < 1.29 is 4.79 Å². The van der Waals surface area contributed by atoms with Crippen LogP contribution in [0.1, 0.15) is 27.9 Å². The van der Waals surface area contributed by atoms with Crippen molar-refractivity contribution in [3.05, 3.63) is 100 Å². The van der Waals surface area contributed by atoms with Crippen molar-refractivity contribution in [2.45, 2.75) is 19.3 Å². The highest BCUT2D eigenvalue weighted by atomic mass is 16.1. The number of benzene rings is 3. The van der Waals surface area contributed by atoms with Crippen LogP contribution in [0.25, 0.3) is 16.6 Å². The van der Waals surface area contributed by atoms with Gasteiger partial charge in [-0.1, -0.05) is 18.2 Å². The fourth-order valence-corrected chi connectivity index (χ4v) is 3.88. The molecule has 0 saturated carbocycles. The van der Waals surface area contributed by atoms with Gasteiger partial charge in [-0.25, -0.2) is 4.98 Å². The van der Waals surface area contributed by atoms with E-state index in [9.17, 15) is 9.59 Å². The van der Waals surface area contributed by atoms with Crippen molar-refractivity contribution in [3.8, 4) is 5.69 Å². The van der Waals surface area contributed by atoms with Gasteiger partial charge < -0.3 is 5.32 Å². The molecule has 0 fully saturated rings. The van der Waals surface area contributed by atoms with E-state index in [1.54, 1.807) is 30.3 Å². The number of rotatable bonds is 3. The first-order chi connectivity index (χ1) is 14.2. The van der Waals surface area contributed by atoms with E-state index < -0.39 is 0 Å². The Morgan fingerprint density at radius 1 is 0.931 bits per heavy atom. The van der Waals surface area contributed by atoms with Crippen LogP contribution in [0.2, 0.25) is 0 Å².